The Bertz CT molecular complexity index is 1070. The number of carbonyl (C=O) groups is 2. The number of benzene rings is 2. The highest BCUT2D eigenvalue weighted by molar-refractivity contribution is 5.87. The molecule has 2 fully saturated rings. The van der Waals surface area contributed by atoms with Gasteiger partial charge < -0.3 is 25.4 Å². The molecule has 2 saturated carbocycles. The van der Waals surface area contributed by atoms with E-state index < -0.39 is 33.2 Å². The van der Waals surface area contributed by atoms with Crippen LogP contribution in [-0.2, 0) is 29.9 Å². The van der Waals surface area contributed by atoms with Gasteiger partial charge in [0.15, 0.2) is 5.75 Å². The van der Waals surface area contributed by atoms with E-state index in [2.05, 4.69) is 0 Å². The number of rotatable bonds is 5. The average Bonchev–Trinajstić information content (AvgIpc) is 3.69. The average molecular weight is 460 g/mol. The summed E-state index contributed by atoms with van der Waals surface area (Å²) >= 11 is 0. The van der Waals surface area contributed by atoms with E-state index in [0.717, 1.165) is 18.4 Å². The number of nitrogen functional groups attached to an aromatic ring is 1. The second-order valence-electron chi connectivity index (χ2n) is 7.88. The zero-order valence-electron chi connectivity index (χ0n) is 17.7. The number of nitrogens with zero attached hydrogens (tertiary/aromatic N) is 1. The van der Waals surface area contributed by atoms with Gasteiger partial charge in [0, 0.05) is 6.07 Å². The Morgan fingerprint density at radius 2 is 1.33 bits per heavy atom. The number of nitro groups is 1. The molecule has 33 heavy (non-hydrogen) atoms. The molecule has 0 spiro atoms. The number of hydrogen-bond acceptors (Lipinski definition) is 9. The fourth-order valence-electron chi connectivity index (χ4n) is 3.68. The van der Waals surface area contributed by atoms with Crippen LogP contribution in [-0.4, -0.2) is 41.3 Å². The van der Waals surface area contributed by atoms with Crippen LogP contribution in [0, 0.1) is 10.1 Å². The van der Waals surface area contributed by atoms with Crippen molar-refractivity contribution in [3.63, 3.8) is 0 Å². The molecule has 2 aromatic carbocycles. The highest BCUT2D eigenvalue weighted by Gasteiger charge is 2.53. The quantitative estimate of drug-likeness (QED) is 0.200. The minimum Gasteiger partial charge on any atom is -0.506 e. The number of nitro benzene ring substituents is 1. The molecule has 0 bridgehead atoms. The van der Waals surface area contributed by atoms with E-state index in [1.807, 2.05) is 0 Å². The van der Waals surface area contributed by atoms with E-state index in [-0.39, 0.29) is 19.1 Å². The van der Waals surface area contributed by atoms with Gasteiger partial charge in [-0.05, 0) is 55.0 Å². The molecule has 0 atom stereocenters. The molecule has 2 aromatic rings. The SMILES string of the molecule is C.COC(=O)C1(c2ccc(O)c(N)c2)CC1.COC(=O)C1(c2ccc(O)c([N+](=O)[O-])c2)CC1. The summed E-state index contributed by atoms with van der Waals surface area (Å²) in [6.07, 6.45) is 2.79. The molecule has 4 rings (SSSR count). The van der Waals surface area contributed by atoms with E-state index in [0.29, 0.717) is 24.1 Å². The predicted octanol–water partition coefficient (Wildman–Crippen LogP) is 3.32. The van der Waals surface area contributed by atoms with Crippen molar-refractivity contribution >= 4 is 23.3 Å². The molecular weight excluding hydrogens is 432 g/mol. The monoisotopic (exact) mass is 460 g/mol. The van der Waals surface area contributed by atoms with E-state index in [1.165, 1.54) is 38.5 Å². The van der Waals surface area contributed by atoms with Gasteiger partial charge in [-0.1, -0.05) is 19.6 Å². The smallest absolute Gasteiger partial charge is 0.316 e. The summed E-state index contributed by atoms with van der Waals surface area (Å²) in [7, 11) is 2.67. The van der Waals surface area contributed by atoms with Crippen molar-refractivity contribution in [2.24, 2.45) is 0 Å². The van der Waals surface area contributed by atoms with Crippen LogP contribution in [0.5, 0.6) is 11.5 Å². The number of carbonyl (C=O) groups excluding carboxylic acids is 2. The Morgan fingerprint density at radius 1 is 0.909 bits per heavy atom. The number of ether oxygens (including phenoxy) is 2. The molecule has 0 heterocycles. The van der Waals surface area contributed by atoms with E-state index in [4.69, 9.17) is 15.2 Å². The van der Waals surface area contributed by atoms with Gasteiger partial charge in [0.05, 0.1) is 35.7 Å². The number of phenols is 2. The lowest BCUT2D eigenvalue weighted by Gasteiger charge is -2.13. The van der Waals surface area contributed by atoms with Crippen LogP contribution in [0.3, 0.4) is 0 Å². The summed E-state index contributed by atoms with van der Waals surface area (Å²) in [5.74, 6) is -0.982. The highest BCUT2D eigenvalue weighted by atomic mass is 16.6. The number of methoxy groups -OCH3 is 2. The Labute approximate surface area is 191 Å². The van der Waals surface area contributed by atoms with Gasteiger partial charge >= 0.3 is 17.6 Å². The van der Waals surface area contributed by atoms with Gasteiger partial charge in [0.1, 0.15) is 5.75 Å². The molecule has 2 aliphatic rings. The maximum absolute atomic E-state index is 11.6. The van der Waals surface area contributed by atoms with Crippen LogP contribution in [0.2, 0.25) is 0 Å². The van der Waals surface area contributed by atoms with Crippen LogP contribution in [0.15, 0.2) is 36.4 Å². The fraction of sp³-hybridized carbons (Fsp3) is 0.391. The standard InChI is InChI=1S/C11H11NO5.C11H13NO3.CH4/c1-17-10(14)11(4-5-11)7-2-3-9(13)8(6-7)12(15)16;1-15-10(14)11(4-5-11)7-2-3-9(13)8(12)6-7;/h2-3,6,13H,4-5H2,1H3;2-3,6,13H,4-5,12H2,1H3;1H4. The highest BCUT2D eigenvalue weighted by Crippen LogP contribution is 2.51. The van der Waals surface area contributed by atoms with Gasteiger partial charge in [-0.15, -0.1) is 0 Å². The minimum absolute atomic E-state index is 0. The Balaban J connectivity index is 0.000000228. The first kappa shape index (κ1) is 25.4. The maximum Gasteiger partial charge on any atom is 0.316 e. The predicted molar refractivity (Wildman–Crippen MR) is 120 cm³/mol. The summed E-state index contributed by atoms with van der Waals surface area (Å²) in [6.45, 7) is 0. The van der Waals surface area contributed by atoms with Gasteiger partial charge in [-0.2, -0.15) is 0 Å². The minimum atomic E-state index is -0.757. The normalized spacial score (nSPS) is 16.2. The summed E-state index contributed by atoms with van der Waals surface area (Å²) in [4.78, 5) is 33.2. The van der Waals surface area contributed by atoms with Crippen molar-refractivity contribution in [3.8, 4) is 11.5 Å². The number of anilines is 1. The Kier molecular flexibility index (Phi) is 7.21. The second kappa shape index (κ2) is 9.35. The lowest BCUT2D eigenvalue weighted by atomic mass is 9.95. The summed E-state index contributed by atoms with van der Waals surface area (Å²) in [5, 5.41) is 29.3. The molecule has 10 nitrogen and oxygen atoms in total. The van der Waals surface area contributed by atoms with Crippen LogP contribution in [0.25, 0.3) is 0 Å². The molecule has 0 radical (unpaired) electrons. The lowest BCUT2D eigenvalue weighted by molar-refractivity contribution is -0.385. The zero-order chi connectivity index (χ0) is 23.7. The molecule has 10 heteroatoms. The molecule has 178 valence electrons. The van der Waals surface area contributed by atoms with Crippen LogP contribution < -0.4 is 5.73 Å². The van der Waals surface area contributed by atoms with Gasteiger partial charge in [0.25, 0.3) is 0 Å². The van der Waals surface area contributed by atoms with Crippen molar-refractivity contribution in [3.05, 3.63) is 57.6 Å². The number of nitrogens with two attached hydrogens (primary N) is 1. The third-order valence-electron chi connectivity index (χ3n) is 5.96. The van der Waals surface area contributed by atoms with Crippen LogP contribution in [0.4, 0.5) is 11.4 Å². The van der Waals surface area contributed by atoms with Crippen molar-refractivity contribution < 1.29 is 34.2 Å². The number of hydrogen-bond donors (Lipinski definition) is 3. The molecule has 2 aliphatic carbocycles. The van der Waals surface area contributed by atoms with Crippen LogP contribution >= 0.6 is 0 Å². The topological polar surface area (TPSA) is 162 Å². The number of aromatic hydroxyl groups is 2. The van der Waals surface area contributed by atoms with Crippen LogP contribution in [0.1, 0.15) is 44.2 Å². The molecular formula is C23H28N2O8. The van der Waals surface area contributed by atoms with Gasteiger partial charge in [0.2, 0.25) is 0 Å². The first-order chi connectivity index (χ1) is 15.1. The van der Waals surface area contributed by atoms with Crippen molar-refractivity contribution in [2.75, 3.05) is 20.0 Å². The summed E-state index contributed by atoms with van der Waals surface area (Å²) < 4.78 is 9.45. The zero-order valence-corrected chi connectivity index (χ0v) is 17.7. The molecule has 0 saturated heterocycles. The van der Waals surface area contributed by atoms with Crippen molar-refractivity contribution in [1.82, 2.24) is 0 Å². The molecule has 0 aliphatic heterocycles. The Morgan fingerprint density at radius 3 is 1.70 bits per heavy atom. The molecule has 0 unspecified atom stereocenters. The molecule has 4 N–H and O–H groups in total. The molecule has 0 amide bonds. The van der Waals surface area contributed by atoms with E-state index in [1.54, 1.807) is 12.1 Å². The third-order valence-corrected chi connectivity index (χ3v) is 5.96. The van der Waals surface area contributed by atoms with E-state index >= 15 is 0 Å². The first-order valence-electron chi connectivity index (χ1n) is 9.85. The number of phenolic OH excluding ortho intramolecular Hbond substituents is 2. The first-order valence-corrected chi connectivity index (χ1v) is 9.85. The van der Waals surface area contributed by atoms with Crippen molar-refractivity contribution in [1.29, 1.82) is 0 Å². The van der Waals surface area contributed by atoms with E-state index in [9.17, 15) is 29.9 Å². The largest absolute Gasteiger partial charge is 0.506 e. The summed E-state index contributed by atoms with van der Waals surface area (Å²) in [5.41, 5.74) is 5.56. The lowest BCUT2D eigenvalue weighted by Crippen LogP contribution is -2.21. The second-order valence-corrected chi connectivity index (χ2v) is 7.88. The molecule has 0 aromatic heterocycles. The third kappa shape index (κ3) is 4.69. The Hall–Kier alpha value is -3.82. The van der Waals surface area contributed by atoms with Crippen molar-refractivity contribution in [2.45, 2.75) is 43.9 Å². The van der Waals surface area contributed by atoms with Gasteiger partial charge in [-0.3, -0.25) is 19.7 Å². The maximum atomic E-state index is 11.6. The number of esters is 2. The summed E-state index contributed by atoms with van der Waals surface area (Å²) in [6, 6.07) is 8.85. The fourth-order valence-corrected chi connectivity index (χ4v) is 3.68. The van der Waals surface area contributed by atoms with Gasteiger partial charge in [-0.25, -0.2) is 0 Å².